The first kappa shape index (κ1) is 18.4. The van der Waals surface area contributed by atoms with Gasteiger partial charge in [-0.05, 0) is 37.9 Å². The van der Waals surface area contributed by atoms with E-state index >= 15 is 0 Å². The van der Waals surface area contributed by atoms with Crippen LogP contribution in [-0.2, 0) is 16.5 Å². The summed E-state index contributed by atoms with van der Waals surface area (Å²) in [7, 11) is 9.20. The molecule has 2 atom stereocenters. The van der Waals surface area contributed by atoms with Crippen molar-refractivity contribution >= 4 is 10.8 Å². The first-order valence-electron chi connectivity index (χ1n) is 8.54. The Morgan fingerprint density at radius 1 is 1.23 bits per heavy atom. The summed E-state index contributed by atoms with van der Waals surface area (Å²) in [5.41, 5.74) is 2.06. The Labute approximate surface area is 153 Å². The molecular weight excluding hydrogens is 330 g/mol. The second kappa shape index (κ2) is 7.43. The largest absolute Gasteiger partial charge is 0.497 e. The highest BCUT2D eigenvalue weighted by molar-refractivity contribution is 5.84. The van der Waals surface area contributed by atoms with Gasteiger partial charge in [-0.3, -0.25) is 9.78 Å². The minimum atomic E-state index is -0.148. The minimum Gasteiger partial charge on any atom is -0.497 e. The number of fused-ring (bicyclic) bond motifs is 1. The third kappa shape index (κ3) is 3.30. The van der Waals surface area contributed by atoms with E-state index in [2.05, 4.69) is 22.0 Å². The standard InChI is InChI=1S/C20H25N3O3/c1-22(2)11-13-8-19(26-5)15(9-18(13)25-4)17-12-23(3)20(24)14-6-7-21-10-16(14)17/h6-10,12,15,19H,11H2,1-5H3. The number of aryl methyl sites for hydroxylation is 1. The quantitative estimate of drug-likeness (QED) is 0.822. The molecule has 0 amide bonds. The minimum absolute atomic E-state index is 0.0318. The zero-order chi connectivity index (χ0) is 18.8. The molecule has 2 heterocycles. The highest BCUT2D eigenvalue weighted by Crippen LogP contribution is 2.35. The lowest BCUT2D eigenvalue weighted by molar-refractivity contribution is 0.123. The number of pyridine rings is 2. The van der Waals surface area contributed by atoms with Gasteiger partial charge in [0.15, 0.2) is 0 Å². The van der Waals surface area contributed by atoms with Gasteiger partial charge in [0.25, 0.3) is 5.56 Å². The fourth-order valence-electron chi connectivity index (χ4n) is 3.50. The van der Waals surface area contributed by atoms with Crippen molar-refractivity contribution in [2.75, 3.05) is 34.9 Å². The average molecular weight is 355 g/mol. The molecule has 6 heteroatoms. The number of hydrogen-bond donors (Lipinski definition) is 0. The summed E-state index contributed by atoms with van der Waals surface area (Å²) in [5.74, 6) is 0.766. The van der Waals surface area contributed by atoms with Crippen molar-refractivity contribution in [3.63, 3.8) is 0 Å². The predicted octanol–water partition coefficient (Wildman–Crippen LogP) is 2.06. The number of nitrogens with zero attached hydrogens (tertiary/aromatic N) is 3. The van der Waals surface area contributed by atoms with Gasteiger partial charge in [0, 0.05) is 56.2 Å². The zero-order valence-electron chi connectivity index (χ0n) is 15.9. The Morgan fingerprint density at radius 2 is 2.00 bits per heavy atom. The van der Waals surface area contributed by atoms with Gasteiger partial charge in [-0.15, -0.1) is 0 Å². The maximum absolute atomic E-state index is 12.5. The predicted molar refractivity (Wildman–Crippen MR) is 102 cm³/mol. The molecule has 2 unspecified atom stereocenters. The van der Waals surface area contributed by atoms with Crippen LogP contribution >= 0.6 is 0 Å². The van der Waals surface area contributed by atoms with Crippen LogP contribution in [0.3, 0.4) is 0 Å². The Hall–Kier alpha value is -2.44. The van der Waals surface area contributed by atoms with Crippen LogP contribution in [0.25, 0.3) is 10.8 Å². The second-order valence-electron chi connectivity index (χ2n) is 6.81. The van der Waals surface area contributed by atoms with Crippen LogP contribution < -0.4 is 5.56 Å². The van der Waals surface area contributed by atoms with Crippen molar-refractivity contribution in [1.29, 1.82) is 0 Å². The average Bonchev–Trinajstić information content (AvgIpc) is 2.64. The highest BCUT2D eigenvalue weighted by atomic mass is 16.5. The van der Waals surface area contributed by atoms with E-state index in [4.69, 9.17) is 9.47 Å². The lowest BCUT2D eigenvalue weighted by Gasteiger charge is -2.30. The lowest BCUT2D eigenvalue weighted by atomic mass is 9.85. The van der Waals surface area contributed by atoms with Crippen molar-refractivity contribution in [3.8, 4) is 0 Å². The van der Waals surface area contributed by atoms with Gasteiger partial charge in [0.2, 0.25) is 0 Å². The maximum Gasteiger partial charge on any atom is 0.258 e. The van der Waals surface area contributed by atoms with Crippen LogP contribution in [0.15, 0.2) is 52.9 Å². The Kier molecular flexibility index (Phi) is 5.25. The molecule has 0 saturated carbocycles. The molecule has 26 heavy (non-hydrogen) atoms. The van der Waals surface area contributed by atoms with Crippen molar-refractivity contribution in [3.05, 3.63) is 64.1 Å². The number of rotatable bonds is 5. The summed E-state index contributed by atoms with van der Waals surface area (Å²) < 4.78 is 13.0. The number of ether oxygens (including phenoxy) is 2. The molecule has 138 valence electrons. The molecule has 2 aromatic heterocycles. The molecule has 1 aliphatic rings. The molecule has 2 aromatic rings. The Balaban J connectivity index is 2.16. The number of likely N-dealkylation sites (N-methyl/N-ethyl adjacent to an activating group) is 1. The summed E-state index contributed by atoms with van der Waals surface area (Å²) in [6.45, 7) is 0.766. The smallest absolute Gasteiger partial charge is 0.258 e. The molecule has 0 saturated heterocycles. The monoisotopic (exact) mass is 355 g/mol. The SMILES string of the molecule is COC1=CC(c2cn(C)c(=O)c3ccncc23)C(OC)C=C1CN(C)C. The summed E-state index contributed by atoms with van der Waals surface area (Å²) in [6.07, 6.45) is 9.31. The van der Waals surface area contributed by atoms with Crippen LogP contribution in [0.4, 0.5) is 0 Å². The van der Waals surface area contributed by atoms with E-state index in [1.165, 1.54) is 0 Å². The Morgan fingerprint density at radius 3 is 2.65 bits per heavy atom. The van der Waals surface area contributed by atoms with E-state index in [1.54, 1.807) is 44.3 Å². The van der Waals surface area contributed by atoms with Crippen molar-refractivity contribution < 1.29 is 9.47 Å². The first-order chi connectivity index (χ1) is 12.5. The van der Waals surface area contributed by atoms with E-state index in [-0.39, 0.29) is 17.6 Å². The summed E-state index contributed by atoms with van der Waals surface area (Å²) in [6, 6.07) is 1.76. The van der Waals surface area contributed by atoms with Crippen LogP contribution in [0.2, 0.25) is 0 Å². The molecule has 0 aromatic carbocycles. The van der Waals surface area contributed by atoms with Crippen LogP contribution in [0.1, 0.15) is 11.5 Å². The maximum atomic E-state index is 12.5. The van der Waals surface area contributed by atoms with Gasteiger partial charge in [-0.25, -0.2) is 0 Å². The first-order valence-corrected chi connectivity index (χ1v) is 8.54. The molecule has 6 nitrogen and oxygen atoms in total. The van der Waals surface area contributed by atoms with E-state index < -0.39 is 0 Å². The third-order valence-electron chi connectivity index (χ3n) is 4.72. The third-order valence-corrected chi connectivity index (χ3v) is 4.72. The number of methoxy groups -OCH3 is 2. The van der Waals surface area contributed by atoms with Crippen LogP contribution in [0, 0.1) is 0 Å². The fourth-order valence-corrected chi connectivity index (χ4v) is 3.50. The number of aromatic nitrogens is 2. The molecule has 0 aliphatic heterocycles. The van der Waals surface area contributed by atoms with Gasteiger partial charge in [-0.2, -0.15) is 0 Å². The number of hydrogen-bond acceptors (Lipinski definition) is 5. The molecule has 3 rings (SSSR count). The van der Waals surface area contributed by atoms with Gasteiger partial charge >= 0.3 is 0 Å². The normalized spacial score (nSPS) is 20.2. The lowest BCUT2D eigenvalue weighted by Crippen LogP contribution is -2.28. The highest BCUT2D eigenvalue weighted by Gasteiger charge is 2.29. The molecule has 0 bridgehead atoms. The molecular formula is C20H25N3O3. The molecule has 1 aliphatic carbocycles. The molecule has 0 radical (unpaired) electrons. The van der Waals surface area contributed by atoms with Crippen molar-refractivity contribution in [2.45, 2.75) is 12.0 Å². The van der Waals surface area contributed by atoms with Gasteiger partial charge in [0.1, 0.15) is 5.76 Å². The van der Waals surface area contributed by atoms with Crippen molar-refractivity contribution in [2.24, 2.45) is 7.05 Å². The second-order valence-corrected chi connectivity index (χ2v) is 6.81. The summed E-state index contributed by atoms with van der Waals surface area (Å²) in [4.78, 5) is 18.8. The zero-order valence-corrected chi connectivity index (χ0v) is 15.9. The summed E-state index contributed by atoms with van der Waals surface area (Å²) in [5, 5.41) is 1.50. The van der Waals surface area contributed by atoms with Gasteiger partial charge in [-0.1, -0.05) is 0 Å². The van der Waals surface area contributed by atoms with Crippen LogP contribution in [-0.4, -0.2) is 55.4 Å². The van der Waals surface area contributed by atoms with E-state index in [0.29, 0.717) is 5.39 Å². The molecule has 0 spiro atoms. The van der Waals surface area contributed by atoms with E-state index in [9.17, 15) is 4.79 Å². The molecule has 0 fully saturated rings. The molecule has 0 N–H and O–H groups in total. The van der Waals surface area contributed by atoms with Crippen LogP contribution in [0.5, 0.6) is 0 Å². The fraction of sp³-hybridized carbons (Fsp3) is 0.400. The van der Waals surface area contributed by atoms with Gasteiger partial charge in [0.05, 0.1) is 18.6 Å². The van der Waals surface area contributed by atoms with Gasteiger partial charge < -0.3 is 18.9 Å². The van der Waals surface area contributed by atoms with E-state index in [0.717, 1.165) is 28.8 Å². The Bertz CT molecular complexity index is 928. The summed E-state index contributed by atoms with van der Waals surface area (Å²) >= 11 is 0. The van der Waals surface area contributed by atoms with E-state index in [1.807, 2.05) is 20.3 Å². The van der Waals surface area contributed by atoms with Crippen molar-refractivity contribution in [1.82, 2.24) is 14.5 Å². The topological polar surface area (TPSA) is 56.6 Å².